The number of carbonyl (C=O) groups is 1. The zero-order chi connectivity index (χ0) is 20.6. The molecule has 28 heavy (non-hydrogen) atoms. The first kappa shape index (κ1) is 19.9. The Kier molecular flexibility index (Phi) is 5.40. The zero-order valence-electron chi connectivity index (χ0n) is 15.1. The Labute approximate surface area is 171 Å². The van der Waals surface area contributed by atoms with Crippen molar-refractivity contribution in [3.05, 3.63) is 60.4 Å². The molecule has 0 atom stereocenters. The molecule has 0 bridgehead atoms. The number of rotatable bonds is 3. The zero-order valence-corrected chi connectivity index (χ0v) is 17.2. The van der Waals surface area contributed by atoms with E-state index in [9.17, 15) is 18.8 Å². The molecule has 3 aromatic rings. The number of ether oxygens (including phenoxy) is 2. The Hall–Kier alpha value is -2.89. The highest BCUT2D eigenvalue weighted by molar-refractivity contribution is 14.1. The van der Waals surface area contributed by atoms with E-state index >= 15 is 0 Å². The van der Waals surface area contributed by atoms with Crippen LogP contribution < -0.4 is 21.0 Å². The van der Waals surface area contributed by atoms with Crippen LogP contribution in [-0.2, 0) is 18.8 Å². The minimum absolute atomic E-state index is 0.0592. The van der Waals surface area contributed by atoms with Crippen LogP contribution in [0.15, 0.2) is 40.1 Å². The number of pyridine rings is 2. The highest BCUT2D eigenvalue weighted by Crippen LogP contribution is 2.26. The second-order valence-electron chi connectivity index (χ2n) is 5.89. The maximum Gasteiger partial charge on any atom is 0.513 e. The Morgan fingerprint density at radius 1 is 1.18 bits per heavy atom. The number of methoxy groups -OCH3 is 1. The van der Waals surface area contributed by atoms with Gasteiger partial charge in [0.05, 0.1) is 30.1 Å². The molecule has 2 heterocycles. The van der Waals surface area contributed by atoms with Crippen molar-refractivity contribution in [3.63, 3.8) is 0 Å². The Bertz CT molecular complexity index is 1220. The van der Waals surface area contributed by atoms with Crippen molar-refractivity contribution < 1.29 is 18.7 Å². The lowest BCUT2D eigenvalue weighted by Crippen LogP contribution is -2.24. The summed E-state index contributed by atoms with van der Waals surface area (Å²) in [5, 5.41) is 2.86. The minimum atomic E-state index is -1.06. The smallest absolute Gasteiger partial charge is 0.437 e. The van der Waals surface area contributed by atoms with Gasteiger partial charge in [-0.05, 0) is 40.8 Å². The van der Waals surface area contributed by atoms with E-state index in [4.69, 9.17) is 4.74 Å². The Morgan fingerprint density at radius 3 is 2.54 bits per heavy atom. The number of aromatic nitrogens is 2. The van der Waals surface area contributed by atoms with Gasteiger partial charge < -0.3 is 19.4 Å². The topological polar surface area (TPSA) is 91.6 Å². The van der Waals surface area contributed by atoms with Crippen LogP contribution in [0.1, 0.15) is 0 Å². The number of nitrogens with zero attached hydrogens (tertiary/aromatic N) is 2. The third-order valence-electron chi connectivity index (χ3n) is 4.07. The molecule has 0 saturated carbocycles. The third-order valence-corrected chi connectivity index (χ3v) is 4.74. The lowest BCUT2D eigenvalue weighted by molar-refractivity contribution is 0.121. The van der Waals surface area contributed by atoms with Crippen molar-refractivity contribution in [3.8, 4) is 5.75 Å². The molecule has 0 aliphatic heterocycles. The number of hydrogen-bond acceptors (Lipinski definition) is 6. The molecule has 1 N–H and O–H groups in total. The van der Waals surface area contributed by atoms with Crippen LogP contribution in [-0.4, -0.2) is 22.4 Å². The number of aryl methyl sites for hydroxylation is 2. The molecule has 0 aliphatic rings. The fraction of sp³-hybridized carbons (Fsp3) is 0.167. The van der Waals surface area contributed by atoms with Gasteiger partial charge in [0.2, 0.25) is 5.43 Å². The molecule has 2 aromatic heterocycles. The third kappa shape index (κ3) is 3.59. The van der Waals surface area contributed by atoms with E-state index in [1.54, 1.807) is 13.1 Å². The number of nitrogens with one attached hydrogen (secondary N) is 1. The quantitative estimate of drug-likeness (QED) is 0.441. The number of halogens is 2. The van der Waals surface area contributed by atoms with Gasteiger partial charge in [-0.15, -0.1) is 0 Å². The monoisotopic (exact) mass is 499 g/mol. The predicted molar refractivity (Wildman–Crippen MR) is 110 cm³/mol. The van der Waals surface area contributed by atoms with Gasteiger partial charge in [-0.25, -0.2) is 9.18 Å². The van der Waals surface area contributed by atoms with Crippen LogP contribution in [0.2, 0.25) is 0 Å². The molecule has 146 valence electrons. The van der Waals surface area contributed by atoms with Crippen molar-refractivity contribution in [2.24, 2.45) is 14.1 Å². The lowest BCUT2D eigenvalue weighted by Gasteiger charge is -2.16. The summed E-state index contributed by atoms with van der Waals surface area (Å²) in [6.45, 7) is 0. The summed E-state index contributed by atoms with van der Waals surface area (Å²) < 4.78 is 27.0. The summed E-state index contributed by atoms with van der Waals surface area (Å²) in [7, 11) is 4.20. The first-order valence-corrected chi connectivity index (χ1v) is 9.02. The first-order chi connectivity index (χ1) is 13.2. The normalized spacial score (nSPS) is 10.8. The second-order valence-corrected chi connectivity index (χ2v) is 7.14. The van der Waals surface area contributed by atoms with Crippen LogP contribution in [0.4, 0.5) is 20.6 Å². The van der Waals surface area contributed by atoms with Gasteiger partial charge in [-0.3, -0.25) is 14.2 Å². The van der Waals surface area contributed by atoms with E-state index in [1.165, 1.54) is 40.6 Å². The summed E-state index contributed by atoms with van der Waals surface area (Å²) in [5.74, 6) is -0.828. The van der Waals surface area contributed by atoms with Gasteiger partial charge in [0.25, 0.3) is 5.56 Å². The summed E-state index contributed by atoms with van der Waals surface area (Å²) in [6, 6.07) is 5.68. The summed E-state index contributed by atoms with van der Waals surface area (Å²) in [6.07, 6.45) is 0.218. The highest BCUT2D eigenvalue weighted by atomic mass is 127. The van der Waals surface area contributed by atoms with Crippen molar-refractivity contribution in [2.45, 2.75) is 0 Å². The summed E-state index contributed by atoms with van der Waals surface area (Å²) in [4.78, 5) is 36.8. The number of hydrogen-bond donors (Lipinski definition) is 1. The van der Waals surface area contributed by atoms with E-state index in [1.807, 2.05) is 22.6 Å². The van der Waals surface area contributed by atoms with Gasteiger partial charge in [0, 0.05) is 23.7 Å². The highest BCUT2D eigenvalue weighted by Gasteiger charge is 2.19. The van der Waals surface area contributed by atoms with E-state index < -0.39 is 23.0 Å². The molecule has 0 unspecified atom stereocenters. The average Bonchev–Trinajstić information content (AvgIpc) is 2.64. The maximum absolute atomic E-state index is 14.3. The van der Waals surface area contributed by atoms with Gasteiger partial charge in [0.1, 0.15) is 11.5 Å². The fourth-order valence-corrected chi connectivity index (χ4v) is 3.23. The number of carbonyl (C=O) groups excluding carboxylic acids is 1. The molecule has 0 amide bonds. The number of fused-ring (bicyclic) bond motifs is 1. The van der Waals surface area contributed by atoms with Crippen molar-refractivity contribution in [1.82, 2.24) is 9.13 Å². The molecule has 10 heteroatoms. The van der Waals surface area contributed by atoms with Crippen LogP contribution in [0, 0.1) is 9.39 Å². The Morgan fingerprint density at radius 2 is 1.89 bits per heavy atom. The van der Waals surface area contributed by atoms with Crippen molar-refractivity contribution in [2.75, 3.05) is 12.4 Å². The summed E-state index contributed by atoms with van der Waals surface area (Å²) >= 11 is 1.97. The van der Waals surface area contributed by atoms with Crippen molar-refractivity contribution in [1.29, 1.82) is 0 Å². The fourth-order valence-electron chi connectivity index (χ4n) is 2.78. The van der Waals surface area contributed by atoms with Crippen LogP contribution in [0.25, 0.3) is 11.0 Å². The van der Waals surface area contributed by atoms with E-state index in [0.29, 0.717) is 3.57 Å². The molecule has 0 fully saturated rings. The predicted octanol–water partition coefficient (Wildman–Crippen LogP) is 2.87. The van der Waals surface area contributed by atoms with Crippen molar-refractivity contribution >= 4 is 51.2 Å². The van der Waals surface area contributed by atoms with Crippen LogP contribution >= 0.6 is 22.6 Å². The summed E-state index contributed by atoms with van der Waals surface area (Å²) in [5.41, 5.74) is -0.603. The molecular formula is C18H15FIN3O5. The Balaban J connectivity index is 2.29. The van der Waals surface area contributed by atoms with Gasteiger partial charge in [0.15, 0.2) is 5.75 Å². The molecule has 0 saturated heterocycles. The maximum atomic E-state index is 14.3. The number of benzene rings is 1. The standard InChI is InChI=1S/C18H15FIN3O5/c1-22-8-13(28-18(26)27-3)16(25)15-12(7-14(24)23(2)17(15)22)21-11-5-4-9(20)6-10(11)19/h4-8,21H,1-3H3. The molecule has 3 rings (SSSR count). The van der Waals surface area contributed by atoms with E-state index in [0.717, 1.165) is 7.11 Å². The van der Waals surface area contributed by atoms with Gasteiger partial charge in [-0.1, -0.05) is 0 Å². The van der Waals surface area contributed by atoms with Crippen LogP contribution in [0.5, 0.6) is 5.75 Å². The molecule has 0 radical (unpaired) electrons. The molecule has 1 aromatic carbocycles. The van der Waals surface area contributed by atoms with E-state index in [2.05, 4.69) is 10.1 Å². The van der Waals surface area contributed by atoms with Gasteiger partial charge >= 0.3 is 6.16 Å². The average molecular weight is 499 g/mol. The SMILES string of the molecule is COC(=O)Oc1cn(C)c2c(c(Nc3ccc(I)cc3F)cc(=O)n2C)c1=O. The van der Waals surface area contributed by atoms with Crippen LogP contribution in [0.3, 0.4) is 0 Å². The number of anilines is 2. The van der Waals surface area contributed by atoms with Gasteiger partial charge in [-0.2, -0.15) is 0 Å². The minimum Gasteiger partial charge on any atom is -0.437 e. The first-order valence-electron chi connectivity index (χ1n) is 7.94. The molecular weight excluding hydrogens is 484 g/mol. The lowest BCUT2D eigenvalue weighted by atomic mass is 10.2. The van der Waals surface area contributed by atoms with E-state index in [-0.39, 0.29) is 28.2 Å². The second kappa shape index (κ2) is 7.62. The molecule has 8 nitrogen and oxygen atoms in total. The largest absolute Gasteiger partial charge is 0.513 e. The molecule has 0 aliphatic carbocycles. The molecule has 0 spiro atoms.